The first-order chi connectivity index (χ1) is 6.87. The average Bonchev–Trinajstić information content (AvgIpc) is 2.12. The van der Waals surface area contributed by atoms with Crippen LogP contribution in [0.3, 0.4) is 0 Å². The average molecular weight is 254 g/mol. The second kappa shape index (κ2) is 4.83. The van der Waals surface area contributed by atoms with E-state index >= 15 is 0 Å². The van der Waals surface area contributed by atoms with E-state index in [9.17, 15) is 9.36 Å². The molecule has 7 heteroatoms. The zero-order chi connectivity index (χ0) is 11.5. The molecular formula is C8H17ClN3O2P. The minimum absolute atomic E-state index is 0.0467. The fourth-order valence-electron chi connectivity index (χ4n) is 1.17. The molecule has 3 N–H and O–H groups in total. The van der Waals surface area contributed by atoms with Gasteiger partial charge >= 0.3 is 7.59 Å². The van der Waals surface area contributed by atoms with Crippen LogP contribution in [-0.4, -0.2) is 24.9 Å². The molecule has 1 aliphatic heterocycles. The molecule has 1 rings (SSSR count). The molecule has 1 fully saturated rings. The SMILES string of the molecule is CC1(C)CNP(=O)(NC(=O)CCCl)NC1. The third-order valence-electron chi connectivity index (χ3n) is 2.16. The molecule has 0 aliphatic carbocycles. The van der Waals surface area contributed by atoms with E-state index in [1.165, 1.54) is 0 Å². The fourth-order valence-corrected chi connectivity index (χ4v) is 3.37. The van der Waals surface area contributed by atoms with Gasteiger partial charge in [0.25, 0.3) is 0 Å². The van der Waals surface area contributed by atoms with Gasteiger partial charge in [0.05, 0.1) is 0 Å². The molecule has 1 amide bonds. The Bertz CT molecular complexity index is 282. The van der Waals surface area contributed by atoms with Crippen LogP contribution < -0.4 is 15.3 Å². The number of carbonyl (C=O) groups excluding carboxylic acids is 1. The third kappa shape index (κ3) is 4.11. The van der Waals surface area contributed by atoms with Gasteiger partial charge in [-0.05, 0) is 5.41 Å². The predicted octanol–water partition coefficient (Wildman–Crippen LogP) is 1.06. The molecule has 5 nitrogen and oxygen atoms in total. The molecule has 0 spiro atoms. The number of alkyl halides is 1. The van der Waals surface area contributed by atoms with Crippen molar-refractivity contribution in [1.82, 2.24) is 15.3 Å². The van der Waals surface area contributed by atoms with Gasteiger partial charge in [-0.1, -0.05) is 13.8 Å². The van der Waals surface area contributed by atoms with Gasteiger partial charge < -0.3 is 0 Å². The summed E-state index contributed by atoms with van der Waals surface area (Å²) in [5.74, 6) is -0.0647. The molecule has 1 aliphatic rings. The molecule has 0 bridgehead atoms. The highest BCUT2D eigenvalue weighted by molar-refractivity contribution is 7.58. The van der Waals surface area contributed by atoms with Crippen LogP contribution in [0, 0.1) is 5.41 Å². The summed E-state index contributed by atoms with van der Waals surface area (Å²) >= 11 is 5.41. The summed E-state index contributed by atoms with van der Waals surface area (Å²) in [5.41, 5.74) is 0.0467. The van der Waals surface area contributed by atoms with E-state index in [0.29, 0.717) is 13.1 Å². The predicted molar refractivity (Wildman–Crippen MR) is 60.9 cm³/mol. The van der Waals surface area contributed by atoms with Crippen molar-refractivity contribution in [3.63, 3.8) is 0 Å². The fraction of sp³-hybridized carbons (Fsp3) is 0.875. The van der Waals surface area contributed by atoms with Crippen molar-refractivity contribution >= 4 is 25.1 Å². The van der Waals surface area contributed by atoms with Crippen molar-refractivity contribution in [3.05, 3.63) is 0 Å². The number of hydrogen-bond donors (Lipinski definition) is 3. The Labute approximate surface area is 94.9 Å². The van der Waals surface area contributed by atoms with Crippen molar-refractivity contribution in [2.45, 2.75) is 20.3 Å². The topological polar surface area (TPSA) is 70.2 Å². The number of rotatable bonds is 3. The Hall–Kier alpha value is -0.0900. The van der Waals surface area contributed by atoms with Crippen LogP contribution in [0.1, 0.15) is 20.3 Å². The summed E-state index contributed by atoms with van der Waals surface area (Å²) in [6.45, 7) is 5.32. The van der Waals surface area contributed by atoms with Crippen molar-refractivity contribution < 1.29 is 9.36 Å². The first-order valence-electron chi connectivity index (χ1n) is 4.84. The van der Waals surface area contributed by atoms with Gasteiger partial charge in [-0.3, -0.25) is 14.4 Å². The molecule has 1 saturated heterocycles. The van der Waals surface area contributed by atoms with E-state index in [0.717, 1.165) is 0 Å². The van der Waals surface area contributed by atoms with Crippen LogP contribution in [0.4, 0.5) is 0 Å². The summed E-state index contributed by atoms with van der Waals surface area (Å²) in [6, 6.07) is 0. The van der Waals surface area contributed by atoms with E-state index in [1.807, 2.05) is 0 Å². The van der Waals surface area contributed by atoms with Crippen LogP contribution in [0.2, 0.25) is 0 Å². The highest BCUT2D eigenvalue weighted by Crippen LogP contribution is 2.36. The smallest absolute Gasteiger partial charge is 0.283 e. The molecule has 0 aromatic carbocycles. The lowest BCUT2D eigenvalue weighted by Gasteiger charge is -2.36. The van der Waals surface area contributed by atoms with E-state index < -0.39 is 7.59 Å². The summed E-state index contributed by atoms with van der Waals surface area (Å²) in [6.07, 6.45) is 0.179. The molecule has 0 atom stereocenters. The molecule has 0 aromatic rings. The Morgan fingerprint density at radius 2 is 2.00 bits per heavy atom. The summed E-state index contributed by atoms with van der Waals surface area (Å²) < 4.78 is 12.0. The second-order valence-corrected chi connectivity index (χ2v) is 6.87. The lowest BCUT2D eigenvalue weighted by molar-refractivity contribution is -0.119. The maximum absolute atomic E-state index is 12.0. The molecule has 0 saturated carbocycles. The zero-order valence-corrected chi connectivity index (χ0v) is 10.6. The number of nitrogens with one attached hydrogen (secondary N) is 3. The zero-order valence-electron chi connectivity index (χ0n) is 8.97. The number of carbonyl (C=O) groups is 1. The normalized spacial score (nSPS) is 23.4. The van der Waals surface area contributed by atoms with Crippen molar-refractivity contribution in [3.8, 4) is 0 Å². The van der Waals surface area contributed by atoms with Gasteiger partial charge in [0.1, 0.15) is 0 Å². The first kappa shape index (κ1) is 13.0. The summed E-state index contributed by atoms with van der Waals surface area (Å²) in [4.78, 5) is 11.2. The molecule has 15 heavy (non-hydrogen) atoms. The van der Waals surface area contributed by atoms with Crippen LogP contribution in [0.25, 0.3) is 0 Å². The second-order valence-electron chi connectivity index (χ2n) is 4.42. The van der Waals surface area contributed by atoms with Gasteiger partial charge in [-0.2, -0.15) is 0 Å². The van der Waals surface area contributed by atoms with Crippen molar-refractivity contribution in [1.29, 1.82) is 0 Å². The minimum atomic E-state index is -2.94. The Balaban J connectivity index is 2.49. The number of amides is 1. The standard InChI is InChI=1S/C8H17ClN3O2P/c1-8(2)5-10-15(14,11-6-8)12-7(13)3-4-9/h3-6H2,1-2H3,(H3,10,11,12,13,14). The molecule has 0 aromatic heterocycles. The molecular weight excluding hydrogens is 237 g/mol. The van der Waals surface area contributed by atoms with Gasteiger partial charge in [-0.25, -0.2) is 10.2 Å². The summed E-state index contributed by atoms with van der Waals surface area (Å²) in [7, 11) is -2.94. The summed E-state index contributed by atoms with van der Waals surface area (Å²) in [5, 5.41) is 8.13. The maximum Gasteiger partial charge on any atom is 0.305 e. The quantitative estimate of drug-likeness (QED) is 0.520. The first-order valence-corrected chi connectivity index (χ1v) is 7.08. The maximum atomic E-state index is 12.0. The van der Waals surface area contributed by atoms with Crippen LogP contribution in [-0.2, 0) is 9.36 Å². The Morgan fingerprint density at radius 1 is 1.47 bits per heavy atom. The monoisotopic (exact) mass is 253 g/mol. The molecule has 88 valence electrons. The van der Waals surface area contributed by atoms with E-state index in [-0.39, 0.29) is 23.6 Å². The highest BCUT2D eigenvalue weighted by atomic mass is 35.5. The van der Waals surface area contributed by atoms with Gasteiger partial charge in [0.2, 0.25) is 5.91 Å². The van der Waals surface area contributed by atoms with Crippen LogP contribution in [0.15, 0.2) is 0 Å². The number of hydrogen-bond acceptors (Lipinski definition) is 2. The lowest BCUT2D eigenvalue weighted by Crippen LogP contribution is -2.49. The van der Waals surface area contributed by atoms with E-state index in [4.69, 9.17) is 11.6 Å². The van der Waals surface area contributed by atoms with Crippen molar-refractivity contribution in [2.24, 2.45) is 5.41 Å². The van der Waals surface area contributed by atoms with E-state index in [2.05, 4.69) is 29.1 Å². The Morgan fingerprint density at radius 3 is 2.47 bits per heavy atom. The molecule has 0 unspecified atom stereocenters. The third-order valence-corrected chi connectivity index (χ3v) is 4.12. The van der Waals surface area contributed by atoms with Gasteiger partial charge in [-0.15, -0.1) is 11.6 Å². The van der Waals surface area contributed by atoms with Crippen molar-refractivity contribution in [2.75, 3.05) is 19.0 Å². The van der Waals surface area contributed by atoms with Gasteiger partial charge in [0, 0.05) is 25.4 Å². The Kier molecular flexibility index (Phi) is 4.18. The number of halogens is 1. The highest BCUT2D eigenvalue weighted by Gasteiger charge is 2.34. The largest absolute Gasteiger partial charge is 0.305 e. The van der Waals surface area contributed by atoms with Crippen LogP contribution in [0.5, 0.6) is 0 Å². The van der Waals surface area contributed by atoms with Crippen LogP contribution >= 0.6 is 19.2 Å². The van der Waals surface area contributed by atoms with E-state index in [1.54, 1.807) is 0 Å². The molecule has 0 radical (unpaired) electrons. The minimum Gasteiger partial charge on any atom is -0.283 e. The van der Waals surface area contributed by atoms with Gasteiger partial charge in [0.15, 0.2) is 0 Å². The molecule has 1 heterocycles. The lowest BCUT2D eigenvalue weighted by atomic mass is 9.94.